The van der Waals surface area contributed by atoms with Crippen LogP contribution in [0.3, 0.4) is 0 Å². The molecule has 0 aliphatic rings. The molecule has 11 nitrogen and oxygen atoms in total. The van der Waals surface area contributed by atoms with E-state index in [4.69, 9.17) is 23.7 Å². The minimum Gasteiger partial charge on any atom is -0.493 e. The Hall–Kier alpha value is -3.60. The van der Waals surface area contributed by atoms with Crippen LogP contribution in [0.2, 0.25) is 0 Å². The van der Waals surface area contributed by atoms with Crippen molar-refractivity contribution in [3.05, 3.63) is 55.6 Å². The summed E-state index contributed by atoms with van der Waals surface area (Å²) in [6.07, 6.45) is -1.61. The van der Waals surface area contributed by atoms with Gasteiger partial charge in [0.1, 0.15) is 0 Å². The molecular weight excluding hydrogens is 412 g/mol. The second-order valence-electron chi connectivity index (χ2n) is 6.47. The molecule has 0 bridgehead atoms. The van der Waals surface area contributed by atoms with Gasteiger partial charge < -0.3 is 23.7 Å². The van der Waals surface area contributed by atoms with Crippen molar-refractivity contribution in [2.24, 2.45) is 0 Å². The van der Waals surface area contributed by atoms with Crippen LogP contribution in [0, 0.1) is 20.2 Å². The standard InChI is InChI=1S/C20H24N2O9/c1-11(13-7-17(27-3)19(29-5)9-15(13)21(23)24)31-12(2)14-8-18(28-4)20(30-6)10-16(14)22(25)26/h7-12H,1-6H3. The quantitative estimate of drug-likeness (QED) is 0.393. The van der Waals surface area contributed by atoms with Crippen molar-refractivity contribution in [2.45, 2.75) is 26.1 Å². The lowest BCUT2D eigenvalue weighted by Gasteiger charge is -2.21. The van der Waals surface area contributed by atoms with Crippen LogP contribution in [0.5, 0.6) is 23.0 Å². The summed E-state index contributed by atoms with van der Waals surface area (Å²) in [5, 5.41) is 23.2. The number of nitro benzene ring substituents is 2. The van der Waals surface area contributed by atoms with Crippen molar-refractivity contribution < 1.29 is 33.5 Å². The van der Waals surface area contributed by atoms with Gasteiger partial charge in [-0.25, -0.2) is 0 Å². The zero-order valence-electron chi connectivity index (χ0n) is 18.0. The summed E-state index contributed by atoms with van der Waals surface area (Å²) in [4.78, 5) is 22.1. The van der Waals surface area contributed by atoms with Gasteiger partial charge in [0, 0.05) is 0 Å². The Balaban J connectivity index is 2.48. The molecule has 0 aliphatic carbocycles. The smallest absolute Gasteiger partial charge is 0.279 e. The van der Waals surface area contributed by atoms with E-state index in [-0.39, 0.29) is 34.0 Å². The van der Waals surface area contributed by atoms with Gasteiger partial charge in [0.25, 0.3) is 11.4 Å². The molecule has 2 aromatic carbocycles. The van der Waals surface area contributed by atoms with Crippen LogP contribution in [0.15, 0.2) is 24.3 Å². The summed E-state index contributed by atoms with van der Waals surface area (Å²) in [5.74, 6) is 0.994. The van der Waals surface area contributed by atoms with E-state index in [1.165, 1.54) is 52.7 Å². The first-order valence-corrected chi connectivity index (χ1v) is 9.14. The molecule has 11 heteroatoms. The van der Waals surface area contributed by atoms with Gasteiger partial charge in [-0.05, 0) is 26.0 Å². The first-order valence-electron chi connectivity index (χ1n) is 9.14. The number of nitrogens with zero attached hydrogens (tertiary/aromatic N) is 2. The highest BCUT2D eigenvalue weighted by Gasteiger charge is 2.29. The van der Waals surface area contributed by atoms with Gasteiger partial charge in [0.2, 0.25) is 0 Å². The van der Waals surface area contributed by atoms with Crippen LogP contribution >= 0.6 is 0 Å². The van der Waals surface area contributed by atoms with Gasteiger partial charge in [-0.1, -0.05) is 0 Å². The van der Waals surface area contributed by atoms with Gasteiger partial charge in [-0.3, -0.25) is 20.2 Å². The third-order valence-corrected chi connectivity index (χ3v) is 4.74. The molecule has 0 N–H and O–H groups in total. The van der Waals surface area contributed by atoms with E-state index >= 15 is 0 Å². The molecule has 0 saturated carbocycles. The number of nitro groups is 2. The molecule has 0 aromatic heterocycles. The summed E-state index contributed by atoms with van der Waals surface area (Å²) < 4.78 is 26.7. The summed E-state index contributed by atoms with van der Waals surface area (Å²) >= 11 is 0. The Morgan fingerprint density at radius 2 is 0.935 bits per heavy atom. The topological polar surface area (TPSA) is 132 Å². The lowest BCUT2D eigenvalue weighted by molar-refractivity contribution is -0.386. The first kappa shape index (κ1) is 23.7. The highest BCUT2D eigenvalue weighted by Crippen LogP contribution is 2.42. The van der Waals surface area contributed by atoms with E-state index in [0.29, 0.717) is 11.5 Å². The second-order valence-corrected chi connectivity index (χ2v) is 6.47. The lowest BCUT2D eigenvalue weighted by atomic mass is 10.0. The molecule has 0 radical (unpaired) electrons. The average molecular weight is 436 g/mol. The molecule has 2 atom stereocenters. The van der Waals surface area contributed by atoms with E-state index in [1.54, 1.807) is 13.8 Å². The zero-order chi connectivity index (χ0) is 23.3. The van der Waals surface area contributed by atoms with E-state index < -0.39 is 22.1 Å². The molecule has 0 aliphatic heterocycles. The Bertz CT molecular complexity index is 900. The van der Waals surface area contributed by atoms with E-state index in [1.807, 2.05) is 0 Å². The molecule has 0 heterocycles. The summed E-state index contributed by atoms with van der Waals surface area (Å²) in [6.45, 7) is 3.22. The van der Waals surface area contributed by atoms with E-state index in [0.717, 1.165) is 0 Å². The molecule has 0 amide bonds. The second kappa shape index (κ2) is 9.94. The van der Waals surface area contributed by atoms with Crippen molar-refractivity contribution in [1.29, 1.82) is 0 Å². The maximum atomic E-state index is 11.6. The van der Waals surface area contributed by atoms with Crippen molar-refractivity contribution in [3.8, 4) is 23.0 Å². The molecule has 0 fully saturated rings. The zero-order valence-corrected chi connectivity index (χ0v) is 18.0. The Morgan fingerprint density at radius 3 is 1.19 bits per heavy atom. The minimum absolute atomic E-state index is 0.203. The highest BCUT2D eigenvalue weighted by atomic mass is 16.6. The summed E-state index contributed by atoms with van der Waals surface area (Å²) in [5.41, 5.74) is 0.0218. The fraction of sp³-hybridized carbons (Fsp3) is 0.400. The van der Waals surface area contributed by atoms with Gasteiger partial charge in [0.15, 0.2) is 23.0 Å². The Morgan fingerprint density at radius 1 is 0.645 bits per heavy atom. The monoisotopic (exact) mass is 436 g/mol. The number of ether oxygens (including phenoxy) is 5. The number of methoxy groups -OCH3 is 4. The van der Waals surface area contributed by atoms with Crippen LogP contribution in [0.4, 0.5) is 11.4 Å². The van der Waals surface area contributed by atoms with Gasteiger partial charge in [-0.15, -0.1) is 0 Å². The fourth-order valence-electron chi connectivity index (χ4n) is 3.19. The number of benzene rings is 2. The third-order valence-electron chi connectivity index (χ3n) is 4.74. The molecule has 2 rings (SSSR count). The van der Waals surface area contributed by atoms with Crippen molar-refractivity contribution >= 4 is 11.4 Å². The maximum Gasteiger partial charge on any atom is 0.279 e. The highest BCUT2D eigenvalue weighted by molar-refractivity contribution is 5.56. The van der Waals surface area contributed by atoms with Crippen molar-refractivity contribution in [1.82, 2.24) is 0 Å². The van der Waals surface area contributed by atoms with E-state index in [2.05, 4.69) is 0 Å². The SMILES string of the molecule is COc1cc(C(C)OC(C)c2cc(OC)c(OC)cc2[N+](=O)[O-])c([N+](=O)[O-])cc1OC. The molecular formula is C20H24N2O9. The number of hydrogen-bond acceptors (Lipinski definition) is 9. The van der Waals surface area contributed by atoms with Gasteiger partial charge in [-0.2, -0.15) is 0 Å². The van der Waals surface area contributed by atoms with Gasteiger partial charge >= 0.3 is 0 Å². The van der Waals surface area contributed by atoms with Crippen LogP contribution in [0.25, 0.3) is 0 Å². The normalized spacial score (nSPS) is 12.6. The number of hydrogen-bond donors (Lipinski definition) is 0. The fourth-order valence-corrected chi connectivity index (χ4v) is 3.19. The predicted molar refractivity (Wildman–Crippen MR) is 110 cm³/mol. The summed E-state index contributed by atoms with van der Waals surface area (Å²) in [7, 11) is 5.57. The van der Waals surface area contributed by atoms with Crippen molar-refractivity contribution in [2.75, 3.05) is 28.4 Å². The molecule has 2 aromatic rings. The molecule has 2 unspecified atom stereocenters. The van der Waals surface area contributed by atoms with Crippen molar-refractivity contribution in [3.63, 3.8) is 0 Å². The minimum atomic E-state index is -0.803. The van der Waals surface area contributed by atoms with Crippen LogP contribution < -0.4 is 18.9 Å². The van der Waals surface area contributed by atoms with E-state index in [9.17, 15) is 20.2 Å². The van der Waals surface area contributed by atoms with Crippen LogP contribution in [0.1, 0.15) is 37.2 Å². The lowest BCUT2D eigenvalue weighted by Crippen LogP contribution is -2.10. The summed E-state index contributed by atoms with van der Waals surface area (Å²) in [6, 6.07) is 5.41. The maximum absolute atomic E-state index is 11.6. The molecule has 31 heavy (non-hydrogen) atoms. The Labute approximate surface area is 178 Å². The average Bonchev–Trinajstić information content (AvgIpc) is 2.76. The Kier molecular flexibility index (Phi) is 7.59. The molecule has 0 saturated heterocycles. The van der Waals surface area contributed by atoms with Crippen LogP contribution in [-0.2, 0) is 4.74 Å². The largest absolute Gasteiger partial charge is 0.493 e. The van der Waals surface area contributed by atoms with Gasteiger partial charge in [0.05, 0.1) is 73.8 Å². The van der Waals surface area contributed by atoms with Crippen LogP contribution in [-0.4, -0.2) is 38.3 Å². The predicted octanol–water partition coefficient (Wildman–Crippen LogP) is 4.38. The first-order chi connectivity index (χ1) is 14.7. The molecule has 0 spiro atoms. The molecule has 168 valence electrons. The third kappa shape index (κ3) is 4.94. The number of rotatable bonds is 10.